The standard InChI is InChI=1S/C61H102N2/c1-5-9-13-17-21-24-27-28-29-32-35-39-43-55-61(63-59-53-47-45-51-57(59)49-41-37-34-31-26-23-19-15-11-7-3)60(54-42-38-20-16-12-8-4)62-58-52-46-44-50-56(58)48-40-36-33-30-25-22-18-14-10-6-2/h30-31,33-34,44-47,50-53H,5-29,32,35-43,48-49,54-55H2,1-4H3. The zero-order chi connectivity index (χ0) is 44.9. The minimum Gasteiger partial charge on any atom is -0.251 e. The first-order valence-electron chi connectivity index (χ1n) is 27.8. The average Bonchev–Trinajstić information content (AvgIpc) is 3.30. The molecule has 0 amide bonds. The number of unbranched alkanes of at least 4 members (excludes halogenated alkanes) is 29. The van der Waals surface area contributed by atoms with Crippen molar-refractivity contribution in [1.29, 1.82) is 0 Å². The highest BCUT2D eigenvalue weighted by Gasteiger charge is 2.14. The maximum atomic E-state index is 5.66. The van der Waals surface area contributed by atoms with Gasteiger partial charge in [0, 0.05) is 0 Å². The van der Waals surface area contributed by atoms with Gasteiger partial charge in [-0.2, -0.15) is 0 Å². The summed E-state index contributed by atoms with van der Waals surface area (Å²) in [4.78, 5) is 11.3. The molecule has 0 saturated carbocycles. The number of rotatable bonds is 44. The van der Waals surface area contributed by atoms with Crippen LogP contribution in [0.25, 0.3) is 0 Å². The Kier molecular flexibility index (Phi) is 38.6. The lowest BCUT2D eigenvalue weighted by Crippen LogP contribution is -2.15. The van der Waals surface area contributed by atoms with Gasteiger partial charge in [0.25, 0.3) is 0 Å². The number of hydrogen-bond acceptors (Lipinski definition) is 2. The SMILES string of the molecule is CCCCCCCC=CCCCc1ccccc1N=C(CCCCCCCC)C(CCCCCCCCCCCCCCC)=Nc1ccccc1CCCC=CCCCCCCC. The van der Waals surface area contributed by atoms with Crippen molar-refractivity contribution >= 4 is 22.8 Å². The summed E-state index contributed by atoms with van der Waals surface area (Å²) in [6, 6.07) is 18.1. The number of aliphatic imine (C=N–C) groups is 2. The van der Waals surface area contributed by atoms with Crippen LogP contribution in [0.3, 0.4) is 0 Å². The molecule has 0 aliphatic carbocycles. The smallest absolute Gasteiger partial charge is 0.0665 e. The molecule has 0 aromatic heterocycles. The molecule has 0 bridgehead atoms. The van der Waals surface area contributed by atoms with Crippen LogP contribution in [0.4, 0.5) is 11.4 Å². The number of allylic oxidation sites excluding steroid dienone is 4. The van der Waals surface area contributed by atoms with Gasteiger partial charge < -0.3 is 0 Å². The van der Waals surface area contributed by atoms with E-state index in [1.165, 1.54) is 246 Å². The van der Waals surface area contributed by atoms with E-state index in [2.05, 4.69) is 101 Å². The van der Waals surface area contributed by atoms with Gasteiger partial charge in [0.2, 0.25) is 0 Å². The van der Waals surface area contributed by atoms with E-state index in [0.717, 1.165) is 38.5 Å². The predicted octanol–water partition coefficient (Wildman–Crippen LogP) is 21.2. The van der Waals surface area contributed by atoms with E-state index in [1.54, 1.807) is 0 Å². The van der Waals surface area contributed by atoms with Gasteiger partial charge in [-0.1, -0.05) is 249 Å². The third-order valence-corrected chi connectivity index (χ3v) is 13.0. The highest BCUT2D eigenvalue weighted by atomic mass is 14.8. The quantitative estimate of drug-likeness (QED) is 0.0360. The second-order valence-electron chi connectivity index (χ2n) is 19.0. The van der Waals surface area contributed by atoms with Gasteiger partial charge in [-0.3, -0.25) is 9.98 Å². The molecule has 0 atom stereocenters. The summed E-state index contributed by atoms with van der Waals surface area (Å²) in [5.41, 5.74) is 7.61. The molecule has 0 unspecified atom stereocenters. The van der Waals surface area contributed by atoms with Crippen LogP contribution in [-0.4, -0.2) is 11.4 Å². The molecule has 0 N–H and O–H groups in total. The first kappa shape index (κ1) is 56.4. The molecule has 0 spiro atoms. The van der Waals surface area contributed by atoms with Gasteiger partial charge in [0.15, 0.2) is 0 Å². The molecule has 63 heavy (non-hydrogen) atoms. The Morgan fingerprint density at radius 2 is 0.587 bits per heavy atom. The Labute approximate surface area is 393 Å². The van der Waals surface area contributed by atoms with Crippen molar-refractivity contribution in [2.45, 2.75) is 278 Å². The monoisotopic (exact) mass is 863 g/mol. The molecular weight excluding hydrogens is 761 g/mol. The molecule has 2 heteroatoms. The van der Waals surface area contributed by atoms with Crippen LogP contribution in [0, 0.1) is 0 Å². The Bertz CT molecular complexity index is 1430. The van der Waals surface area contributed by atoms with Gasteiger partial charge in [0.1, 0.15) is 0 Å². The molecule has 2 aromatic carbocycles. The largest absolute Gasteiger partial charge is 0.251 e. The molecule has 2 nitrogen and oxygen atoms in total. The van der Waals surface area contributed by atoms with Crippen LogP contribution >= 0.6 is 0 Å². The summed E-state index contributed by atoms with van der Waals surface area (Å²) < 4.78 is 0. The maximum absolute atomic E-state index is 5.66. The highest BCUT2D eigenvalue weighted by molar-refractivity contribution is 6.43. The topological polar surface area (TPSA) is 24.7 Å². The lowest BCUT2D eigenvalue weighted by Gasteiger charge is -2.14. The first-order chi connectivity index (χ1) is 31.2. The fourth-order valence-corrected chi connectivity index (χ4v) is 8.89. The number of para-hydroxylation sites is 2. The molecule has 2 rings (SSSR count). The fraction of sp³-hybridized carbons (Fsp3) is 0.705. The maximum Gasteiger partial charge on any atom is 0.0665 e. The molecule has 0 aliphatic rings. The average molecular weight is 864 g/mol. The molecule has 2 aromatic rings. The molecule has 0 saturated heterocycles. The zero-order valence-electron chi connectivity index (χ0n) is 42.4. The van der Waals surface area contributed by atoms with Crippen molar-refractivity contribution in [3.05, 3.63) is 84.0 Å². The Morgan fingerprint density at radius 3 is 0.921 bits per heavy atom. The summed E-state index contributed by atoms with van der Waals surface area (Å²) in [7, 11) is 0. The van der Waals surface area contributed by atoms with E-state index in [9.17, 15) is 0 Å². The third-order valence-electron chi connectivity index (χ3n) is 13.0. The van der Waals surface area contributed by atoms with Crippen LogP contribution in [0.15, 0.2) is 82.8 Å². The number of nitrogens with zero attached hydrogens (tertiary/aromatic N) is 2. The predicted molar refractivity (Wildman–Crippen MR) is 286 cm³/mol. The van der Waals surface area contributed by atoms with E-state index in [0.29, 0.717) is 0 Å². The van der Waals surface area contributed by atoms with E-state index < -0.39 is 0 Å². The van der Waals surface area contributed by atoms with Crippen molar-refractivity contribution < 1.29 is 0 Å². The third kappa shape index (κ3) is 31.7. The van der Waals surface area contributed by atoms with Crippen LogP contribution in [0.2, 0.25) is 0 Å². The van der Waals surface area contributed by atoms with Gasteiger partial charge in [-0.15, -0.1) is 0 Å². The van der Waals surface area contributed by atoms with Crippen molar-refractivity contribution in [2.75, 3.05) is 0 Å². The molecule has 0 radical (unpaired) electrons. The lowest BCUT2D eigenvalue weighted by molar-refractivity contribution is 0.541. The van der Waals surface area contributed by atoms with Crippen molar-refractivity contribution in [3.8, 4) is 0 Å². The van der Waals surface area contributed by atoms with Crippen LogP contribution in [0.1, 0.15) is 276 Å². The van der Waals surface area contributed by atoms with Gasteiger partial charge in [0.05, 0.1) is 22.8 Å². The summed E-state index contributed by atoms with van der Waals surface area (Å²) in [5, 5.41) is 0. The second kappa shape index (κ2) is 43.2. The van der Waals surface area contributed by atoms with Crippen LogP contribution in [-0.2, 0) is 12.8 Å². The van der Waals surface area contributed by atoms with Crippen molar-refractivity contribution in [1.82, 2.24) is 0 Å². The van der Waals surface area contributed by atoms with Crippen LogP contribution < -0.4 is 0 Å². The normalized spacial score (nSPS) is 12.4. The Hall–Kier alpha value is -2.74. The summed E-state index contributed by atoms with van der Waals surface area (Å²) >= 11 is 0. The minimum absolute atomic E-state index is 1.02. The minimum atomic E-state index is 1.02. The Balaban J connectivity index is 2.24. The first-order valence-corrected chi connectivity index (χ1v) is 27.8. The molecule has 0 aliphatic heterocycles. The molecule has 356 valence electrons. The van der Waals surface area contributed by atoms with Crippen LogP contribution in [0.5, 0.6) is 0 Å². The zero-order valence-corrected chi connectivity index (χ0v) is 42.4. The number of aryl methyl sites for hydroxylation is 2. The lowest BCUT2D eigenvalue weighted by atomic mass is 9.99. The van der Waals surface area contributed by atoms with Gasteiger partial charge in [-0.25, -0.2) is 0 Å². The van der Waals surface area contributed by atoms with E-state index >= 15 is 0 Å². The summed E-state index contributed by atoms with van der Waals surface area (Å²) in [6.45, 7) is 9.23. The van der Waals surface area contributed by atoms with Crippen molar-refractivity contribution in [3.63, 3.8) is 0 Å². The van der Waals surface area contributed by atoms with E-state index in [4.69, 9.17) is 9.98 Å². The molecule has 0 heterocycles. The number of benzene rings is 2. The van der Waals surface area contributed by atoms with E-state index in [1.807, 2.05) is 0 Å². The molecule has 0 fully saturated rings. The van der Waals surface area contributed by atoms with E-state index in [-0.39, 0.29) is 0 Å². The van der Waals surface area contributed by atoms with Gasteiger partial charge in [-0.05, 0) is 113 Å². The summed E-state index contributed by atoms with van der Waals surface area (Å²) in [5.74, 6) is 0. The summed E-state index contributed by atoms with van der Waals surface area (Å²) in [6.07, 6.45) is 60.3. The number of hydrogen-bond donors (Lipinski definition) is 0. The Morgan fingerprint density at radius 1 is 0.317 bits per heavy atom. The fourth-order valence-electron chi connectivity index (χ4n) is 8.89. The van der Waals surface area contributed by atoms with Crippen molar-refractivity contribution in [2.24, 2.45) is 9.98 Å². The highest BCUT2D eigenvalue weighted by Crippen LogP contribution is 2.27. The second-order valence-corrected chi connectivity index (χ2v) is 19.0. The van der Waals surface area contributed by atoms with Gasteiger partial charge >= 0.3 is 0 Å². The molecular formula is C61H102N2.